The van der Waals surface area contributed by atoms with Crippen LogP contribution in [-0.4, -0.2) is 48.9 Å². The quantitative estimate of drug-likeness (QED) is 0.423. The minimum absolute atomic E-state index is 0. The monoisotopic (exact) mass is 441 g/mol. The molecule has 24 heavy (non-hydrogen) atoms. The van der Waals surface area contributed by atoms with Gasteiger partial charge in [-0.3, -0.25) is 9.78 Å². The standard InChI is InChI=1S/C17H23N5O.HI/c1-4-18-17(21-12-15(23)22(2)3)20-11-14-8-5-7-13-9-6-10-19-16(13)14;/h5-10H,4,11-12H2,1-3H3,(H2,18,20,21);1H. The Bertz CT molecular complexity index is 697. The van der Waals surface area contributed by atoms with E-state index in [1.54, 1.807) is 25.2 Å². The molecule has 2 rings (SSSR count). The van der Waals surface area contributed by atoms with Gasteiger partial charge in [-0.05, 0) is 18.6 Å². The molecule has 7 heteroatoms. The highest BCUT2D eigenvalue weighted by Crippen LogP contribution is 2.16. The van der Waals surface area contributed by atoms with Crippen LogP contribution in [0.2, 0.25) is 0 Å². The maximum atomic E-state index is 11.7. The Balaban J connectivity index is 0.00000288. The number of aliphatic imine (C=N–C) groups is 1. The molecule has 2 aromatic rings. The van der Waals surface area contributed by atoms with Crippen LogP contribution in [-0.2, 0) is 11.3 Å². The van der Waals surface area contributed by atoms with E-state index in [4.69, 9.17) is 0 Å². The molecule has 2 N–H and O–H groups in total. The van der Waals surface area contributed by atoms with Crippen LogP contribution in [0, 0.1) is 0 Å². The topological polar surface area (TPSA) is 69.6 Å². The van der Waals surface area contributed by atoms with Crippen molar-refractivity contribution in [1.82, 2.24) is 20.5 Å². The normalized spacial score (nSPS) is 10.9. The number of carbonyl (C=O) groups is 1. The molecule has 130 valence electrons. The molecule has 0 radical (unpaired) electrons. The van der Waals surface area contributed by atoms with Crippen molar-refractivity contribution in [1.29, 1.82) is 0 Å². The second kappa shape index (κ2) is 10.1. The van der Waals surface area contributed by atoms with Crippen molar-refractivity contribution in [3.63, 3.8) is 0 Å². The maximum Gasteiger partial charge on any atom is 0.241 e. The molecule has 0 saturated carbocycles. The van der Waals surface area contributed by atoms with Crippen LogP contribution in [0.3, 0.4) is 0 Å². The summed E-state index contributed by atoms with van der Waals surface area (Å²) in [7, 11) is 3.46. The van der Waals surface area contributed by atoms with E-state index in [1.807, 2.05) is 37.3 Å². The number of fused-ring (bicyclic) bond motifs is 1. The number of guanidine groups is 1. The number of likely N-dealkylation sites (N-methyl/N-ethyl adjacent to an activating group) is 1. The van der Waals surface area contributed by atoms with Gasteiger partial charge in [0.15, 0.2) is 5.96 Å². The van der Waals surface area contributed by atoms with Crippen molar-refractivity contribution in [3.8, 4) is 0 Å². The summed E-state index contributed by atoms with van der Waals surface area (Å²) >= 11 is 0. The van der Waals surface area contributed by atoms with Crippen molar-refractivity contribution in [3.05, 3.63) is 42.1 Å². The number of hydrogen-bond donors (Lipinski definition) is 2. The van der Waals surface area contributed by atoms with Crippen molar-refractivity contribution < 1.29 is 4.79 Å². The van der Waals surface area contributed by atoms with Crippen molar-refractivity contribution >= 4 is 46.7 Å². The fourth-order valence-corrected chi connectivity index (χ4v) is 2.12. The number of aromatic nitrogens is 1. The highest BCUT2D eigenvalue weighted by Gasteiger charge is 2.06. The summed E-state index contributed by atoms with van der Waals surface area (Å²) in [6.07, 6.45) is 1.79. The number of halogens is 1. The molecule has 0 unspecified atom stereocenters. The van der Waals surface area contributed by atoms with E-state index in [9.17, 15) is 4.79 Å². The summed E-state index contributed by atoms with van der Waals surface area (Å²) in [5.74, 6) is 0.623. The van der Waals surface area contributed by atoms with Gasteiger partial charge in [0.05, 0.1) is 18.6 Å². The number of pyridine rings is 1. The van der Waals surface area contributed by atoms with Gasteiger partial charge in [0.2, 0.25) is 5.91 Å². The van der Waals surface area contributed by atoms with Gasteiger partial charge >= 0.3 is 0 Å². The first kappa shape index (κ1) is 20.1. The first-order valence-corrected chi connectivity index (χ1v) is 7.66. The summed E-state index contributed by atoms with van der Waals surface area (Å²) < 4.78 is 0. The summed E-state index contributed by atoms with van der Waals surface area (Å²) in [6.45, 7) is 3.44. The number of carbonyl (C=O) groups excluding carboxylic acids is 1. The Labute approximate surface area is 159 Å². The highest BCUT2D eigenvalue weighted by molar-refractivity contribution is 14.0. The van der Waals surface area contributed by atoms with E-state index in [0.29, 0.717) is 12.5 Å². The third-order valence-corrected chi connectivity index (χ3v) is 3.37. The molecule has 1 aromatic carbocycles. The van der Waals surface area contributed by atoms with Crippen LogP contribution < -0.4 is 10.6 Å². The zero-order valence-electron chi connectivity index (χ0n) is 14.2. The minimum atomic E-state index is 0. The fourth-order valence-electron chi connectivity index (χ4n) is 2.12. The van der Waals surface area contributed by atoms with Gasteiger partial charge in [-0.1, -0.05) is 24.3 Å². The minimum Gasteiger partial charge on any atom is -0.357 e. The van der Waals surface area contributed by atoms with Gasteiger partial charge in [0.1, 0.15) is 0 Å². The third kappa shape index (κ3) is 5.63. The Morgan fingerprint density at radius 2 is 1.96 bits per heavy atom. The Morgan fingerprint density at radius 3 is 2.67 bits per heavy atom. The molecule has 0 bridgehead atoms. The van der Waals surface area contributed by atoms with Crippen LogP contribution >= 0.6 is 24.0 Å². The lowest BCUT2D eigenvalue weighted by Crippen LogP contribution is -2.42. The zero-order valence-corrected chi connectivity index (χ0v) is 16.6. The Hall–Kier alpha value is -1.90. The number of benzene rings is 1. The van der Waals surface area contributed by atoms with Gasteiger partial charge in [0.25, 0.3) is 0 Å². The molecule has 1 aromatic heterocycles. The molecule has 0 aliphatic heterocycles. The van der Waals surface area contributed by atoms with Gasteiger partial charge in [-0.25, -0.2) is 4.99 Å². The smallest absolute Gasteiger partial charge is 0.241 e. The molecule has 1 amide bonds. The molecule has 6 nitrogen and oxygen atoms in total. The molecular weight excluding hydrogens is 417 g/mol. The van der Waals surface area contributed by atoms with Crippen LogP contribution in [0.15, 0.2) is 41.5 Å². The molecule has 0 fully saturated rings. The summed E-state index contributed by atoms with van der Waals surface area (Å²) in [6, 6.07) is 10.0. The third-order valence-electron chi connectivity index (χ3n) is 3.37. The molecule has 0 atom stereocenters. The molecule has 0 aliphatic rings. The summed E-state index contributed by atoms with van der Waals surface area (Å²) in [5, 5.41) is 7.29. The van der Waals surface area contributed by atoms with E-state index in [1.165, 1.54) is 0 Å². The predicted octanol–water partition coefficient (Wildman–Crippen LogP) is 2.00. The Kier molecular flexibility index (Phi) is 8.45. The average molecular weight is 441 g/mol. The van der Waals surface area contributed by atoms with E-state index in [2.05, 4.69) is 20.6 Å². The number of para-hydroxylation sites is 1. The SMILES string of the molecule is CCNC(=NCc1cccc2cccnc12)NCC(=O)N(C)C.I. The fraction of sp³-hybridized carbons (Fsp3) is 0.353. The number of nitrogens with one attached hydrogen (secondary N) is 2. The maximum absolute atomic E-state index is 11.7. The van der Waals surface area contributed by atoms with Gasteiger partial charge < -0.3 is 15.5 Å². The van der Waals surface area contributed by atoms with Crippen LogP contribution in [0.5, 0.6) is 0 Å². The highest BCUT2D eigenvalue weighted by atomic mass is 127. The zero-order chi connectivity index (χ0) is 16.7. The van der Waals surface area contributed by atoms with E-state index >= 15 is 0 Å². The lowest BCUT2D eigenvalue weighted by molar-refractivity contribution is -0.127. The number of amides is 1. The predicted molar refractivity (Wildman–Crippen MR) is 109 cm³/mol. The van der Waals surface area contributed by atoms with E-state index in [-0.39, 0.29) is 36.4 Å². The summed E-state index contributed by atoms with van der Waals surface area (Å²) in [5.41, 5.74) is 2.01. The molecule has 0 spiro atoms. The molecule has 1 heterocycles. The number of nitrogens with zero attached hydrogens (tertiary/aromatic N) is 3. The molecule has 0 aliphatic carbocycles. The number of hydrogen-bond acceptors (Lipinski definition) is 3. The van der Waals surface area contributed by atoms with Crippen molar-refractivity contribution in [2.24, 2.45) is 4.99 Å². The second-order valence-electron chi connectivity index (χ2n) is 5.33. The van der Waals surface area contributed by atoms with Crippen molar-refractivity contribution in [2.75, 3.05) is 27.2 Å². The first-order valence-electron chi connectivity index (χ1n) is 7.66. The van der Waals surface area contributed by atoms with E-state index < -0.39 is 0 Å². The first-order chi connectivity index (χ1) is 11.1. The van der Waals surface area contributed by atoms with Crippen LogP contribution in [0.4, 0.5) is 0 Å². The Morgan fingerprint density at radius 1 is 1.21 bits per heavy atom. The van der Waals surface area contributed by atoms with Crippen LogP contribution in [0.1, 0.15) is 12.5 Å². The second-order valence-corrected chi connectivity index (χ2v) is 5.33. The largest absolute Gasteiger partial charge is 0.357 e. The van der Waals surface area contributed by atoms with Gasteiger partial charge in [-0.2, -0.15) is 0 Å². The average Bonchev–Trinajstić information content (AvgIpc) is 2.56. The van der Waals surface area contributed by atoms with Crippen molar-refractivity contribution in [2.45, 2.75) is 13.5 Å². The van der Waals surface area contributed by atoms with Gasteiger partial charge in [0, 0.05) is 32.2 Å². The number of rotatable bonds is 5. The van der Waals surface area contributed by atoms with Crippen LogP contribution in [0.25, 0.3) is 10.9 Å². The van der Waals surface area contributed by atoms with Gasteiger partial charge in [-0.15, -0.1) is 24.0 Å². The van der Waals surface area contributed by atoms with E-state index in [0.717, 1.165) is 23.0 Å². The lowest BCUT2D eigenvalue weighted by Gasteiger charge is -2.14. The molecule has 0 saturated heterocycles. The molecular formula is C17H24IN5O. The summed E-state index contributed by atoms with van der Waals surface area (Å²) in [4.78, 5) is 22.2. The lowest BCUT2D eigenvalue weighted by atomic mass is 10.1.